The Morgan fingerprint density at radius 1 is 1.15 bits per heavy atom. The third-order valence-electron chi connectivity index (χ3n) is 3.27. The van der Waals surface area contributed by atoms with Crippen molar-refractivity contribution in [2.75, 3.05) is 0 Å². The Morgan fingerprint density at radius 3 is 2.65 bits per heavy atom. The highest BCUT2D eigenvalue weighted by atomic mass is 35.5. The number of thioether (sulfide) groups is 1. The van der Waals surface area contributed by atoms with Gasteiger partial charge in [-0.05, 0) is 41.6 Å². The molecule has 1 aliphatic rings. The minimum Gasteiger partial charge on any atom is -0.300 e. The van der Waals surface area contributed by atoms with Gasteiger partial charge in [-0.3, -0.25) is 14.9 Å². The molecule has 0 radical (unpaired) electrons. The molecule has 3 rings (SSSR count). The van der Waals surface area contributed by atoms with Crippen LogP contribution >= 0.6 is 46.6 Å². The van der Waals surface area contributed by atoms with Gasteiger partial charge in [-0.25, -0.2) is 4.99 Å². The lowest BCUT2D eigenvalue weighted by Gasteiger charge is -2.01. The van der Waals surface area contributed by atoms with E-state index in [1.54, 1.807) is 24.3 Å². The number of hydrogen-bond donors (Lipinski definition) is 1. The summed E-state index contributed by atoms with van der Waals surface area (Å²) in [5.74, 6) is -0.371. The van der Waals surface area contributed by atoms with Gasteiger partial charge in [0.15, 0.2) is 5.17 Å². The number of carbonyl (C=O) groups excluding carboxylic acids is 1. The molecule has 1 aliphatic heterocycles. The quantitative estimate of drug-likeness (QED) is 0.400. The lowest BCUT2D eigenvalue weighted by atomic mass is 10.2. The first kappa shape index (κ1) is 18.7. The molecule has 26 heavy (non-hydrogen) atoms. The van der Waals surface area contributed by atoms with Crippen molar-refractivity contribution in [3.05, 3.63) is 72.0 Å². The highest BCUT2D eigenvalue weighted by molar-refractivity contribution is 8.18. The Morgan fingerprint density at radius 2 is 1.92 bits per heavy atom. The van der Waals surface area contributed by atoms with Crippen LogP contribution < -0.4 is 5.32 Å². The van der Waals surface area contributed by atoms with Crippen molar-refractivity contribution in [2.24, 2.45) is 4.99 Å². The SMILES string of the molecule is O=C1NC(=Nc2cccc(Cl)c2Cl)S/C1=C\c1ccc(Cl)c([N+](=O)[O-])c1. The second-order valence-corrected chi connectivity index (χ2v) is 7.25. The van der Waals surface area contributed by atoms with Crippen molar-refractivity contribution in [1.29, 1.82) is 0 Å². The van der Waals surface area contributed by atoms with Gasteiger partial charge in [-0.1, -0.05) is 46.9 Å². The van der Waals surface area contributed by atoms with Crippen LogP contribution in [-0.2, 0) is 4.79 Å². The molecule has 1 N–H and O–H groups in total. The van der Waals surface area contributed by atoms with Gasteiger partial charge in [-0.15, -0.1) is 0 Å². The number of halogens is 3. The molecule has 132 valence electrons. The Kier molecular flexibility index (Phi) is 5.52. The number of benzene rings is 2. The van der Waals surface area contributed by atoms with E-state index in [4.69, 9.17) is 34.8 Å². The highest BCUT2D eigenvalue weighted by Gasteiger charge is 2.24. The molecule has 2 aromatic carbocycles. The molecule has 1 heterocycles. The first-order chi connectivity index (χ1) is 12.3. The van der Waals surface area contributed by atoms with Crippen LogP contribution in [0.2, 0.25) is 15.1 Å². The van der Waals surface area contributed by atoms with E-state index >= 15 is 0 Å². The minimum absolute atomic E-state index is 0.0264. The van der Waals surface area contributed by atoms with Gasteiger partial charge in [-0.2, -0.15) is 0 Å². The number of aliphatic imine (C=N–C) groups is 1. The Balaban J connectivity index is 1.89. The molecule has 0 aliphatic carbocycles. The van der Waals surface area contributed by atoms with Gasteiger partial charge < -0.3 is 5.32 Å². The number of amidine groups is 1. The van der Waals surface area contributed by atoms with Crippen molar-refractivity contribution in [3.63, 3.8) is 0 Å². The van der Waals surface area contributed by atoms with Crippen molar-refractivity contribution < 1.29 is 9.72 Å². The molecule has 6 nitrogen and oxygen atoms in total. The number of hydrogen-bond acceptors (Lipinski definition) is 5. The lowest BCUT2D eigenvalue weighted by Crippen LogP contribution is -2.19. The van der Waals surface area contributed by atoms with Gasteiger partial charge in [0, 0.05) is 6.07 Å². The molecule has 0 spiro atoms. The summed E-state index contributed by atoms with van der Waals surface area (Å²) in [6.07, 6.45) is 1.52. The number of nitro benzene ring substituents is 1. The molecule has 1 saturated heterocycles. The van der Waals surface area contributed by atoms with Gasteiger partial charge in [0.1, 0.15) is 5.02 Å². The topological polar surface area (TPSA) is 84.6 Å². The fraction of sp³-hybridized carbons (Fsp3) is 0. The first-order valence-corrected chi connectivity index (χ1v) is 8.98. The summed E-state index contributed by atoms with van der Waals surface area (Å²) in [5, 5.41) is 14.6. The molecular weight excluding hydrogens is 421 g/mol. The summed E-state index contributed by atoms with van der Waals surface area (Å²) in [5.41, 5.74) is 0.662. The van der Waals surface area contributed by atoms with Crippen molar-refractivity contribution >= 4 is 75.1 Å². The van der Waals surface area contributed by atoms with Crippen LogP contribution in [0.5, 0.6) is 0 Å². The monoisotopic (exact) mass is 427 g/mol. The summed E-state index contributed by atoms with van der Waals surface area (Å²) >= 11 is 18.9. The van der Waals surface area contributed by atoms with Gasteiger partial charge in [0.2, 0.25) is 0 Å². The second kappa shape index (κ2) is 7.67. The smallest absolute Gasteiger partial charge is 0.288 e. The Bertz CT molecular complexity index is 992. The van der Waals surface area contributed by atoms with E-state index in [-0.39, 0.29) is 21.6 Å². The maximum Gasteiger partial charge on any atom is 0.288 e. The normalized spacial score (nSPS) is 17.0. The average molecular weight is 429 g/mol. The standard InChI is InChI=1S/C16H8Cl3N3O3S/c17-9-5-4-8(6-12(9)22(24)25)7-13-15(23)21-16(26-13)20-11-3-1-2-10(18)14(11)19/h1-7H,(H,20,21,23)/b13-7-. The van der Waals surface area contributed by atoms with Crippen molar-refractivity contribution in [2.45, 2.75) is 0 Å². The summed E-state index contributed by atoms with van der Waals surface area (Å²) < 4.78 is 0. The zero-order chi connectivity index (χ0) is 18.8. The van der Waals surface area contributed by atoms with Gasteiger partial charge in [0.05, 0.1) is 25.6 Å². The second-order valence-electron chi connectivity index (χ2n) is 5.02. The number of carbonyl (C=O) groups is 1. The number of nitrogens with one attached hydrogen (secondary N) is 1. The fourth-order valence-electron chi connectivity index (χ4n) is 2.08. The Hall–Kier alpha value is -2.06. The fourth-order valence-corrected chi connectivity index (χ4v) is 3.44. The van der Waals surface area contributed by atoms with Crippen LogP contribution in [0, 0.1) is 10.1 Å². The lowest BCUT2D eigenvalue weighted by molar-refractivity contribution is -0.384. The molecule has 1 fully saturated rings. The van der Waals surface area contributed by atoms with E-state index in [1.165, 1.54) is 18.2 Å². The summed E-state index contributed by atoms with van der Waals surface area (Å²) in [6.45, 7) is 0. The first-order valence-electron chi connectivity index (χ1n) is 7.02. The largest absolute Gasteiger partial charge is 0.300 e. The average Bonchev–Trinajstić information content (AvgIpc) is 2.93. The summed E-state index contributed by atoms with van der Waals surface area (Å²) in [4.78, 5) is 27.1. The predicted octanol–water partition coefficient (Wildman–Crippen LogP) is 5.45. The number of nitro groups is 1. The van der Waals surface area contributed by atoms with E-state index in [1.807, 2.05) is 0 Å². The number of rotatable bonds is 3. The van der Waals surface area contributed by atoms with E-state index in [0.717, 1.165) is 11.8 Å². The summed E-state index contributed by atoms with van der Waals surface area (Å²) in [7, 11) is 0. The molecule has 0 bridgehead atoms. The van der Waals surface area contributed by atoms with Crippen LogP contribution in [0.3, 0.4) is 0 Å². The maximum atomic E-state index is 12.1. The van der Waals surface area contributed by atoms with E-state index < -0.39 is 4.92 Å². The zero-order valence-electron chi connectivity index (χ0n) is 12.7. The molecule has 0 saturated carbocycles. The van der Waals surface area contributed by atoms with Gasteiger partial charge in [0.25, 0.3) is 11.6 Å². The number of amides is 1. The molecule has 0 unspecified atom stereocenters. The molecule has 2 aromatic rings. The van der Waals surface area contributed by atoms with Crippen LogP contribution in [0.25, 0.3) is 6.08 Å². The third kappa shape index (κ3) is 4.02. The minimum atomic E-state index is -0.583. The molecule has 0 aromatic heterocycles. The Labute approximate surface area is 167 Å². The van der Waals surface area contributed by atoms with Crippen LogP contribution in [0.15, 0.2) is 46.3 Å². The number of nitrogens with zero attached hydrogens (tertiary/aromatic N) is 2. The van der Waals surface area contributed by atoms with Crippen molar-refractivity contribution in [1.82, 2.24) is 5.32 Å². The van der Waals surface area contributed by atoms with Crippen LogP contribution in [-0.4, -0.2) is 16.0 Å². The maximum absolute atomic E-state index is 12.1. The molecule has 10 heteroatoms. The van der Waals surface area contributed by atoms with E-state index in [0.29, 0.717) is 26.3 Å². The molecule has 0 atom stereocenters. The van der Waals surface area contributed by atoms with Crippen LogP contribution in [0.1, 0.15) is 5.56 Å². The van der Waals surface area contributed by atoms with Crippen molar-refractivity contribution in [3.8, 4) is 0 Å². The van der Waals surface area contributed by atoms with E-state index in [9.17, 15) is 14.9 Å². The van der Waals surface area contributed by atoms with E-state index in [2.05, 4.69) is 10.3 Å². The van der Waals surface area contributed by atoms with Crippen LogP contribution in [0.4, 0.5) is 11.4 Å². The van der Waals surface area contributed by atoms with Gasteiger partial charge >= 0.3 is 0 Å². The third-order valence-corrected chi connectivity index (χ3v) is 5.31. The summed E-state index contributed by atoms with van der Waals surface area (Å²) in [6, 6.07) is 9.28. The molecular formula is C16H8Cl3N3O3S. The zero-order valence-corrected chi connectivity index (χ0v) is 15.8. The predicted molar refractivity (Wildman–Crippen MR) is 105 cm³/mol. The molecule has 1 amide bonds. The highest BCUT2D eigenvalue weighted by Crippen LogP contribution is 2.35.